The van der Waals surface area contributed by atoms with Gasteiger partial charge in [0.15, 0.2) is 0 Å². The number of hydrogen-bond donors (Lipinski definition) is 0. The molecular formula is C14H20. The first-order valence-electron chi connectivity index (χ1n) is 5.04. The van der Waals surface area contributed by atoms with Crippen molar-refractivity contribution in [3.8, 4) is 0 Å². The Bertz CT molecular complexity index is 262. The zero-order chi connectivity index (χ0) is 10.8. The van der Waals surface area contributed by atoms with Gasteiger partial charge in [0, 0.05) is 0 Å². The quantitative estimate of drug-likeness (QED) is 0.535. The summed E-state index contributed by atoms with van der Waals surface area (Å²) in [6.07, 6.45) is 14.1. The van der Waals surface area contributed by atoms with Crippen LogP contribution in [0.15, 0.2) is 60.8 Å². The van der Waals surface area contributed by atoms with E-state index in [-0.39, 0.29) is 0 Å². The largest absolute Gasteiger partial charge is 0.0991 e. The van der Waals surface area contributed by atoms with E-state index < -0.39 is 0 Å². The molecule has 0 nitrogen and oxygen atoms in total. The topological polar surface area (TPSA) is 0 Å². The lowest BCUT2D eigenvalue weighted by Gasteiger charge is -2.02. The molecule has 0 aromatic rings. The van der Waals surface area contributed by atoms with Gasteiger partial charge in [-0.25, -0.2) is 0 Å². The van der Waals surface area contributed by atoms with Gasteiger partial charge < -0.3 is 0 Å². The fourth-order valence-electron chi connectivity index (χ4n) is 1.26. The van der Waals surface area contributed by atoms with E-state index in [2.05, 4.69) is 38.3 Å². The molecule has 0 amide bonds. The second-order valence-corrected chi connectivity index (χ2v) is 3.05. The molecule has 0 heterocycles. The molecule has 0 fully saturated rings. The third kappa shape index (κ3) is 5.36. The molecule has 0 N–H and O–H groups in total. The lowest BCUT2D eigenvalue weighted by Crippen LogP contribution is -1.82. The SMILES string of the molecule is C=C/C=C(\C=C)CC(/C=C\C)=C/CC. The Labute approximate surface area is 88.0 Å². The second kappa shape index (κ2) is 8.31. The predicted molar refractivity (Wildman–Crippen MR) is 66.3 cm³/mol. The fourth-order valence-corrected chi connectivity index (χ4v) is 1.26. The van der Waals surface area contributed by atoms with Crippen LogP contribution in [0.25, 0.3) is 0 Å². The van der Waals surface area contributed by atoms with E-state index in [9.17, 15) is 0 Å². The highest BCUT2D eigenvalue weighted by Crippen LogP contribution is 2.14. The monoisotopic (exact) mass is 188 g/mol. The Morgan fingerprint density at radius 3 is 2.36 bits per heavy atom. The fraction of sp³-hybridized carbons (Fsp3) is 0.286. The van der Waals surface area contributed by atoms with Crippen molar-refractivity contribution in [2.24, 2.45) is 0 Å². The number of hydrogen-bond acceptors (Lipinski definition) is 0. The average Bonchev–Trinajstić information content (AvgIpc) is 2.18. The molecular weight excluding hydrogens is 168 g/mol. The van der Waals surface area contributed by atoms with Crippen LogP contribution in [-0.4, -0.2) is 0 Å². The summed E-state index contributed by atoms with van der Waals surface area (Å²) in [5.41, 5.74) is 2.54. The summed E-state index contributed by atoms with van der Waals surface area (Å²) < 4.78 is 0. The van der Waals surface area contributed by atoms with E-state index in [1.165, 1.54) is 11.1 Å². The molecule has 0 aromatic carbocycles. The molecule has 0 aliphatic carbocycles. The Hall–Kier alpha value is -1.30. The van der Waals surface area contributed by atoms with Gasteiger partial charge in [-0.2, -0.15) is 0 Å². The van der Waals surface area contributed by atoms with E-state index >= 15 is 0 Å². The minimum absolute atomic E-state index is 0.938. The molecule has 0 bridgehead atoms. The molecule has 0 radical (unpaired) electrons. The molecule has 0 heteroatoms. The van der Waals surface area contributed by atoms with Crippen LogP contribution >= 0.6 is 0 Å². The van der Waals surface area contributed by atoms with Crippen LogP contribution < -0.4 is 0 Å². The van der Waals surface area contributed by atoms with Crippen molar-refractivity contribution in [2.45, 2.75) is 26.7 Å². The van der Waals surface area contributed by atoms with Gasteiger partial charge in [0.05, 0.1) is 0 Å². The Balaban J connectivity index is 4.57. The van der Waals surface area contributed by atoms with E-state index in [1.54, 1.807) is 6.08 Å². The van der Waals surface area contributed by atoms with Crippen LogP contribution in [0.2, 0.25) is 0 Å². The first kappa shape index (κ1) is 12.7. The predicted octanol–water partition coefficient (Wildman–Crippen LogP) is 4.59. The normalized spacial score (nSPS) is 13.3. The maximum Gasteiger partial charge on any atom is -0.00293 e. The van der Waals surface area contributed by atoms with Gasteiger partial charge in [-0.3, -0.25) is 0 Å². The van der Waals surface area contributed by atoms with E-state index in [0.717, 1.165) is 12.8 Å². The highest BCUT2D eigenvalue weighted by molar-refractivity contribution is 5.31. The molecule has 0 spiro atoms. The van der Waals surface area contributed by atoms with Crippen LogP contribution in [0, 0.1) is 0 Å². The van der Waals surface area contributed by atoms with E-state index in [0.29, 0.717) is 0 Å². The highest BCUT2D eigenvalue weighted by Gasteiger charge is 1.94. The maximum atomic E-state index is 3.79. The van der Waals surface area contributed by atoms with Crippen molar-refractivity contribution in [3.63, 3.8) is 0 Å². The average molecular weight is 188 g/mol. The molecule has 14 heavy (non-hydrogen) atoms. The standard InChI is InChI=1S/C14H20/c1-5-9-13(8-4)12-14(10-6-2)11-7-3/h5-6,8-11H,1,4,7,12H2,2-3H3/b10-6-,13-9+,14-11+. The Morgan fingerprint density at radius 1 is 1.21 bits per heavy atom. The van der Waals surface area contributed by atoms with Crippen molar-refractivity contribution in [2.75, 3.05) is 0 Å². The van der Waals surface area contributed by atoms with Gasteiger partial charge in [-0.05, 0) is 30.9 Å². The number of rotatable bonds is 6. The van der Waals surface area contributed by atoms with E-state index in [4.69, 9.17) is 0 Å². The summed E-state index contributed by atoms with van der Waals surface area (Å²) in [6, 6.07) is 0. The molecule has 0 atom stereocenters. The Morgan fingerprint density at radius 2 is 1.93 bits per heavy atom. The highest BCUT2D eigenvalue weighted by atomic mass is 14.0. The molecule has 0 unspecified atom stereocenters. The van der Waals surface area contributed by atoms with E-state index in [1.807, 2.05) is 19.1 Å². The van der Waals surface area contributed by atoms with Crippen molar-refractivity contribution in [1.29, 1.82) is 0 Å². The van der Waals surface area contributed by atoms with Crippen LogP contribution in [0.4, 0.5) is 0 Å². The van der Waals surface area contributed by atoms with Crippen molar-refractivity contribution in [1.82, 2.24) is 0 Å². The van der Waals surface area contributed by atoms with Crippen molar-refractivity contribution in [3.05, 3.63) is 60.8 Å². The molecule has 0 aliphatic heterocycles. The maximum absolute atomic E-state index is 3.79. The second-order valence-electron chi connectivity index (χ2n) is 3.05. The Kier molecular flexibility index (Phi) is 7.53. The third-order valence-corrected chi connectivity index (χ3v) is 1.85. The van der Waals surface area contributed by atoms with Gasteiger partial charge in [-0.1, -0.05) is 56.5 Å². The lowest BCUT2D eigenvalue weighted by molar-refractivity contribution is 1.13. The molecule has 0 saturated heterocycles. The number of allylic oxidation sites excluding steroid dienone is 8. The summed E-state index contributed by atoms with van der Waals surface area (Å²) >= 11 is 0. The van der Waals surface area contributed by atoms with Gasteiger partial charge >= 0.3 is 0 Å². The summed E-state index contributed by atoms with van der Waals surface area (Å²) in [5.74, 6) is 0. The lowest BCUT2D eigenvalue weighted by atomic mass is 10.0. The van der Waals surface area contributed by atoms with Gasteiger partial charge in [0.1, 0.15) is 0 Å². The molecule has 0 saturated carbocycles. The van der Waals surface area contributed by atoms with Gasteiger partial charge in [0.25, 0.3) is 0 Å². The van der Waals surface area contributed by atoms with Crippen molar-refractivity contribution >= 4 is 0 Å². The summed E-state index contributed by atoms with van der Waals surface area (Å²) in [7, 11) is 0. The molecule has 0 aromatic heterocycles. The zero-order valence-corrected chi connectivity index (χ0v) is 9.29. The molecule has 76 valence electrons. The van der Waals surface area contributed by atoms with Crippen LogP contribution in [0.1, 0.15) is 26.7 Å². The first-order chi connectivity index (χ1) is 6.78. The zero-order valence-electron chi connectivity index (χ0n) is 9.29. The first-order valence-corrected chi connectivity index (χ1v) is 5.04. The van der Waals surface area contributed by atoms with Crippen LogP contribution in [0.3, 0.4) is 0 Å². The van der Waals surface area contributed by atoms with Crippen LogP contribution in [0.5, 0.6) is 0 Å². The summed E-state index contributed by atoms with van der Waals surface area (Å²) in [5, 5.41) is 0. The van der Waals surface area contributed by atoms with Gasteiger partial charge in [0.2, 0.25) is 0 Å². The van der Waals surface area contributed by atoms with Crippen LogP contribution in [-0.2, 0) is 0 Å². The molecule has 0 aliphatic rings. The summed E-state index contributed by atoms with van der Waals surface area (Å²) in [6.45, 7) is 11.7. The third-order valence-electron chi connectivity index (χ3n) is 1.85. The minimum atomic E-state index is 0.938. The minimum Gasteiger partial charge on any atom is -0.0991 e. The smallest absolute Gasteiger partial charge is 0.00293 e. The molecule has 0 rings (SSSR count). The van der Waals surface area contributed by atoms with Gasteiger partial charge in [-0.15, -0.1) is 0 Å². The summed E-state index contributed by atoms with van der Waals surface area (Å²) in [4.78, 5) is 0. The van der Waals surface area contributed by atoms with Crippen molar-refractivity contribution < 1.29 is 0 Å².